The zero-order valence-electron chi connectivity index (χ0n) is 15.7. The molecule has 0 bridgehead atoms. The molecular weight excluding hydrogens is 347 g/mol. The molecule has 0 saturated carbocycles. The van der Waals surface area contributed by atoms with Gasteiger partial charge in [0.1, 0.15) is 11.5 Å². The number of hydrogen-bond acceptors (Lipinski definition) is 5. The summed E-state index contributed by atoms with van der Waals surface area (Å²) in [6, 6.07) is 6.32. The van der Waals surface area contributed by atoms with E-state index in [0.29, 0.717) is 18.8 Å². The second kappa shape index (κ2) is 6.70. The van der Waals surface area contributed by atoms with E-state index in [4.69, 9.17) is 0 Å². The van der Waals surface area contributed by atoms with Crippen LogP contribution in [-0.2, 0) is 4.79 Å². The summed E-state index contributed by atoms with van der Waals surface area (Å²) in [7, 11) is 2.06. The third kappa shape index (κ3) is 3.06. The molecule has 0 aliphatic carbocycles. The number of aromatic nitrogens is 2. The maximum absolute atomic E-state index is 13.3. The number of allylic oxidation sites excluding steroid dienone is 1. The van der Waals surface area contributed by atoms with Gasteiger partial charge in [0, 0.05) is 31.7 Å². The van der Waals surface area contributed by atoms with Gasteiger partial charge in [-0.15, -0.1) is 0 Å². The van der Waals surface area contributed by atoms with Crippen LogP contribution in [-0.4, -0.2) is 58.7 Å². The second-order valence-corrected chi connectivity index (χ2v) is 7.03. The van der Waals surface area contributed by atoms with Gasteiger partial charge < -0.3 is 9.80 Å². The number of halogens is 1. The highest BCUT2D eigenvalue weighted by Gasteiger charge is 2.29. The average molecular weight is 370 g/mol. The van der Waals surface area contributed by atoms with E-state index in [1.165, 1.54) is 12.1 Å². The lowest BCUT2D eigenvalue weighted by molar-refractivity contribution is -0.129. The zero-order valence-corrected chi connectivity index (χ0v) is 15.7. The van der Waals surface area contributed by atoms with E-state index >= 15 is 0 Å². The lowest BCUT2D eigenvalue weighted by atomic mass is 10.1. The third-order valence-electron chi connectivity index (χ3n) is 5.18. The molecule has 1 aromatic heterocycles. The first-order chi connectivity index (χ1) is 13.0. The molecule has 3 heterocycles. The van der Waals surface area contributed by atoms with Crippen molar-refractivity contribution in [1.82, 2.24) is 25.0 Å². The van der Waals surface area contributed by atoms with Crippen molar-refractivity contribution < 1.29 is 9.18 Å². The Morgan fingerprint density at radius 1 is 1.07 bits per heavy atom. The van der Waals surface area contributed by atoms with E-state index in [2.05, 4.69) is 27.9 Å². The highest BCUT2D eigenvalue weighted by Crippen LogP contribution is 2.35. The number of carbonyl (C=O) groups is 1. The van der Waals surface area contributed by atoms with Crippen LogP contribution in [0.25, 0.3) is 16.8 Å². The first kappa shape index (κ1) is 17.5. The van der Waals surface area contributed by atoms with Crippen molar-refractivity contribution in [2.24, 2.45) is 0 Å². The monoisotopic (exact) mass is 370 g/mol. The van der Waals surface area contributed by atoms with Gasteiger partial charge in [0.05, 0.1) is 11.4 Å². The molecular formula is C19H23FN6O. The Morgan fingerprint density at radius 3 is 2.41 bits per heavy atom. The van der Waals surface area contributed by atoms with Gasteiger partial charge in [0.2, 0.25) is 0 Å². The van der Waals surface area contributed by atoms with E-state index < -0.39 is 0 Å². The van der Waals surface area contributed by atoms with Crippen LogP contribution in [0, 0.1) is 12.7 Å². The summed E-state index contributed by atoms with van der Waals surface area (Å²) in [6.07, 6.45) is 0. The molecule has 2 aromatic rings. The minimum Gasteiger partial charge on any atom is -0.335 e. The summed E-state index contributed by atoms with van der Waals surface area (Å²) in [5.74, 6) is 0.432. The lowest BCUT2D eigenvalue weighted by Gasteiger charge is -2.34. The van der Waals surface area contributed by atoms with Crippen molar-refractivity contribution >= 4 is 17.4 Å². The fourth-order valence-electron chi connectivity index (χ4n) is 3.54. The Bertz CT molecular complexity index is 909. The standard InChI is InChI=1S/C19H23FN6O/c1-12-16(14-4-6-15(20)7-5-14)18-22-21-17(13(2)26(18)23-12)19(27)25-10-8-24(3)9-11-25/h4-7,21-22H,8-11H2,1-3H3. The van der Waals surface area contributed by atoms with Gasteiger partial charge in [-0.3, -0.25) is 15.6 Å². The van der Waals surface area contributed by atoms with Crippen LogP contribution >= 0.6 is 0 Å². The number of nitrogens with one attached hydrogen (secondary N) is 2. The number of aryl methyl sites for hydroxylation is 1. The second-order valence-electron chi connectivity index (χ2n) is 7.03. The van der Waals surface area contributed by atoms with Crippen molar-refractivity contribution in [3.63, 3.8) is 0 Å². The lowest BCUT2D eigenvalue weighted by Crippen LogP contribution is -2.50. The average Bonchev–Trinajstić information content (AvgIpc) is 3.00. The predicted molar refractivity (Wildman–Crippen MR) is 102 cm³/mol. The van der Waals surface area contributed by atoms with Crippen LogP contribution in [0.1, 0.15) is 12.6 Å². The first-order valence-electron chi connectivity index (χ1n) is 9.02. The van der Waals surface area contributed by atoms with Crippen molar-refractivity contribution in [2.45, 2.75) is 13.8 Å². The number of rotatable bonds is 2. The Balaban J connectivity index is 1.68. The molecule has 2 aliphatic rings. The van der Waals surface area contributed by atoms with Crippen LogP contribution in [0.5, 0.6) is 0 Å². The number of piperazine rings is 1. The summed E-state index contributed by atoms with van der Waals surface area (Å²) >= 11 is 0. The summed E-state index contributed by atoms with van der Waals surface area (Å²) < 4.78 is 15.0. The quantitative estimate of drug-likeness (QED) is 0.845. The van der Waals surface area contributed by atoms with Gasteiger partial charge in [-0.05, 0) is 38.6 Å². The van der Waals surface area contributed by atoms with Crippen LogP contribution in [0.3, 0.4) is 0 Å². The number of anilines is 1. The maximum atomic E-state index is 13.3. The summed E-state index contributed by atoms with van der Waals surface area (Å²) in [5.41, 5.74) is 9.97. The van der Waals surface area contributed by atoms with Gasteiger partial charge in [0.25, 0.3) is 5.91 Å². The molecule has 0 radical (unpaired) electrons. The van der Waals surface area contributed by atoms with Crippen LogP contribution in [0.4, 0.5) is 10.2 Å². The normalized spacial score (nSPS) is 17.4. The molecule has 2 N–H and O–H groups in total. The molecule has 1 aromatic carbocycles. The minimum absolute atomic E-state index is 0.0322. The van der Waals surface area contributed by atoms with E-state index in [9.17, 15) is 9.18 Å². The van der Waals surface area contributed by atoms with E-state index in [0.717, 1.165) is 41.4 Å². The van der Waals surface area contributed by atoms with Gasteiger partial charge in [-0.1, -0.05) is 12.1 Å². The molecule has 4 rings (SSSR count). The molecule has 0 unspecified atom stereocenters. The number of amides is 1. The van der Waals surface area contributed by atoms with E-state index in [1.807, 2.05) is 18.7 Å². The molecule has 1 saturated heterocycles. The molecule has 27 heavy (non-hydrogen) atoms. The first-order valence-corrected chi connectivity index (χ1v) is 9.02. The number of hydrazine groups is 1. The summed E-state index contributed by atoms with van der Waals surface area (Å²) in [6.45, 7) is 6.93. The minimum atomic E-state index is -0.278. The number of likely N-dealkylation sites (N-methyl/N-ethyl adjacent to an activating group) is 1. The largest absolute Gasteiger partial charge is 0.335 e. The molecule has 0 atom stereocenters. The van der Waals surface area contributed by atoms with Crippen molar-refractivity contribution in [1.29, 1.82) is 0 Å². The Labute approximate surface area is 157 Å². The number of hydrogen-bond donors (Lipinski definition) is 2. The SMILES string of the molecule is CC1=C(C(=O)N2CCN(C)CC2)NNc2c(-c3ccc(F)cc3)c(C)nn21. The number of benzene rings is 1. The Hall–Kier alpha value is -2.87. The van der Waals surface area contributed by atoms with Crippen molar-refractivity contribution in [2.75, 3.05) is 38.7 Å². The fraction of sp³-hybridized carbons (Fsp3) is 0.368. The summed E-state index contributed by atoms with van der Waals surface area (Å²) in [4.78, 5) is 17.0. The van der Waals surface area contributed by atoms with Crippen molar-refractivity contribution in [3.05, 3.63) is 41.5 Å². The highest BCUT2D eigenvalue weighted by atomic mass is 19.1. The molecule has 2 aliphatic heterocycles. The maximum Gasteiger partial charge on any atom is 0.273 e. The number of fused-ring (bicyclic) bond motifs is 1. The Kier molecular flexibility index (Phi) is 4.35. The third-order valence-corrected chi connectivity index (χ3v) is 5.18. The molecule has 0 spiro atoms. The van der Waals surface area contributed by atoms with Gasteiger partial charge in [-0.2, -0.15) is 5.10 Å². The number of carbonyl (C=O) groups excluding carboxylic acids is 1. The number of nitrogens with zero attached hydrogens (tertiary/aromatic N) is 4. The zero-order chi connectivity index (χ0) is 19.1. The molecule has 142 valence electrons. The molecule has 1 amide bonds. The van der Waals surface area contributed by atoms with Crippen LogP contribution in [0.2, 0.25) is 0 Å². The van der Waals surface area contributed by atoms with Crippen molar-refractivity contribution in [3.8, 4) is 11.1 Å². The van der Waals surface area contributed by atoms with E-state index in [1.54, 1.807) is 16.8 Å². The van der Waals surface area contributed by atoms with Crippen LogP contribution < -0.4 is 10.9 Å². The van der Waals surface area contributed by atoms with Crippen LogP contribution in [0.15, 0.2) is 30.0 Å². The van der Waals surface area contributed by atoms with Gasteiger partial charge in [-0.25, -0.2) is 9.07 Å². The summed E-state index contributed by atoms with van der Waals surface area (Å²) in [5, 5.41) is 4.60. The van der Waals surface area contributed by atoms with E-state index in [-0.39, 0.29) is 11.7 Å². The molecule has 7 nitrogen and oxygen atoms in total. The fourth-order valence-corrected chi connectivity index (χ4v) is 3.54. The van der Waals surface area contributed by atoms with Gasteiger partial charge in [0.15, 0.2) is 5.82 Å². The topological polar surface area (TPSA) is 65.4 Å². The molecule has 8 heteroatoms. The Morgan fingerprint density at radius 2 is 1.74 bits per heavy atom. The molecule has 1 fully saturated rings. The van der Waals surface area contributed by atoms with Gasteiger partial charge >= 0.3 is 0 Å². The smallest absolute Gasteiger partial charge is 0.273 e. The highest BCUT2D eigenvalue weighted by molar-refractivity contribution is 5.99. The predicted octanol–water partition coefficient (Wildman–Crippen LogP) is 1.89.